The maximum absolute atomic E-state index is 4.89. The normalized spacial score (nSPS) is 13.3. The van der Waals surface area contributed by atoms with E-state index in [1.54, 1.807) is 0 Å². The van der Waals surface area contributed by atoms with Crippen molar-refractivity contribution in [3.8, 4) is 0 Å². The first kappa shape index (κ1) is 15.8. The molecule has 122 valence electrons. The molecule has 0 N–H and O–H groups in total. The summed E-state index contributed by atoms with van der Waals surface area (Å²) >= 11 is 0. The summed E-state index contributed by atoms with van der Waals surface area (Å²) in [6.07, 6.45) is 3.33. The van der Waals surface area contributed by atoms with E-state index < -0.39 is 0 Å². The van der Waals surface area contributed by atoms with E-state index in [-0.39, 0.29) is 0 Å². The molecule has 0 aliphatic carbocycles. The molecule has 1 aromatic heterocycles. The van der Waals surface area contributed by atoms with Gasteiger partial charge in [0, 0.05) is 37.1 Å². The lowest BCUT2D eigenvalue weighted by Gasteiger charge is -2.25. The Morgan fingerprint density at radius 2 is 1.83 bits per heavy atom. The highest BCUT2D eigenvalue weighted by Crippen LogP contribution is 2.33. The van der Waals surface area contributed by atoms with E-state index in [0.717, 1.165) is 56.4 Å². The van der Waals surface area contributed by atoms with E-state index in [9.17, 15) is 0 Å². The Hall–Kier alpha value is -2.10. The third-order valence-electron chi connectivity index (χ3n) is 4.27. The van der Waals surface area contributed by atoms with Crippen LogP contribution in [0, 0.1) is 6.92 Å². The van der Waals surface area contributed by atoms with Gasteiger partial charge in [-0.3, -0.25) is 0 Å². The fraction of sp³-hybridized carbons (Fsp3) is 0.474. The van der Waals surface area contributed by atoms with Gasteiger partial charge in [-0.15, -0.1) is 0 Å². The molecule has 1 aromatic carbocycles. The Kier molecular flexibility index (Phi) is 4.79. The van der Waals surface area contributed by atoms with Crippen LogP contribution in [0.15, 0.2) is 30.3 Å². The second kappa shape index (κ2) is 6.99. The van der Waals surface area contributed by atoms with Gasteiger partial charge in [0.25, 0.3) is 0 Å². The van der Waals surface area contributed by atoms with E-state index in [0.29, 0.717) is 0 Å². The summed E-state index contributed by atoms with van der Waals surface area (Å²) in [6, 6.07) is 10.7. The van der Waals surface area contributed by atoms with Crippen LogP contribution < -0.4 is 9.80 Å². The van der Waals surface area contributed by atoms with Gasteiger partial charge < -0.3 is 9.80 Å². The molecule has 0 spiro atoms. The minimum absolute atomic E-state index is 0.835. The minimum Gasteiger partial charge on any atom is -0.356 e. The van der Waals surface area contributed by atoms with Gasteiger partial charge in [0.1, 0.15) is 5.82 Å². The van der Waals surface area contributed by atoms with Crippen molar-refractivity contribution in [3.63, 3.8) is 0 Å². The Bertz CT molecular complexity index is 662. The quantitative estimate of drug-likeness (QED) is 0.804. The zero-order chi connectivity index (χ0) is 16.2. The van der Waals surface area contributed by atoms with E-state index in [1.165, 1.54) is 11.3 Å². The number of aromatic nitrogens is 2. The second-order valence-electron chi connectivity index (χ2n) is 6.18. The minimum atomic E-state index is 0.835. The standard InChI is InChI=1S/C19H26N4/c1-4-11-22(12-5-2)18-14-15(3)20-19(21-18)23-13-10-16-8-6-7-9-17(16)23/h6-9,14H,4-5,10-13H2,1-3H3. The van der Waals surface area contributed by atoms with Crippen LogP contribution in [0.4, 0.5) is 17.5 Å². The van der Waals surface area contributed by atoms with Crippen molar-refractivity contribution in [2.75, 3.05) is 29.4 Å². The number of hydrogen-bond acceptors (Lipinski definition) is 4. The van der Waals surface area contributed by atoms with Crippen molar-refractivity contribution in [2.45, 2.75) is 40.0 Å². The third kappa shape index (κ3) is 3.31. The second-order valence-corrected chi connectivity index (χ2v) is 6.18. The van der Waals surface area contributed by atoms with Gasteiger partial charge in [-0.25, -0.2) is 4.98 Å². The molecule has 1 aliphatic rings. The largest absolute Gasteiger partial charge is 0.356 e. The van der Waals surface area contributed by atoms with Gasteiger partial charge in [-0.05, 0) is 37.8 Å². The summed E-state index contributed by atoms with van der Waals surface area (Å²) in [5, 5.41) is 0. The topological polar surface area (TPSA) is 32.3 Å². The first-order valence-electron chi connectivity index (χ1n) is 8.69. The average Bonchev–Trinajstić information content (AvgIpc) is 2.98. The number of nitrogens with zero attached hydrogens (tertiary/aromatic N) is 4. The number of aryl methyl sites for hydroxylation is 1. The zero-order valence-corrected chi connectivity index (χ0v) is 14.4. The Morgan fingerprint density at radius 1 is 1.09 bits per heavy atom. The molecular formula is C19H26N4. The highest BCUT2D eigenvalue weighted by Gasteiger charge is 2.23. The number of fused-ring (bicyclic) bond motifs is 1. The molecule has 2 aromatic rings. The Morgan fingerprint density at radius 3 is 2.57 bits per heavy atom. The van der Waals surface area contributed by atoms with Crippen molar-refractivity contribution in [1.29, 1.82) is 0 Å². The van der Waals surface area contributed by atoms with Gasteiger partial charge in [-0.2, -0.15) is 4.98 Å². The van der Waals surface area contributed by atoms with Crippen LogP contribution in [0.25, 0.3) is 0 Å². The van der Waals surface area contributed by atoms with E-state index in [4.69, 9.17) is 9.97 Å². The van der Waals surface area contributed by atoms with Crippen LogP contribution in [0.1, 0.15) is 37.9 Å². The van der Waals surface area contributed by atoms with E-state index >= 15 is 0 Å². The number of benzene rings is 1. The molecule has 0 atom stereocenters. The molecule has 0 unspecified atom stereocenters. The third-order valence-corrected chi connectivity index (χ3v) is 4.27. The summed E-state index contributed by atoms with van der Waals surface area (Å²) in [7, 11) is 0. The van der Waals surface area contributed by atoms with Crippen molar-refractivity contribution in [2.24, 2.45) is 0 Å². The Labute approximate surface area is 139 Å². The van der Waals surface area contributed by atoms with Crippen LogP contribution in [0.3, 0.4) is 0 Å². The first-order valence-corrected chi connectivity index (χ1v) is 8.69. The predicted octanol–water partition coefficient (Wildman–Crippen LogP) is 4.11. The molecule has 0 amide bonds. The molecule has 1 aliphatic heterocycles. The van der Waals surface area contributed by atoms with Gasteiger partial charge in [0.15, 0.2) is 0 Å². The van der Waals surface area contributed by atoms with Gasteiger partial charge in [0.05, 0.1) is 0 Å². The highest BCUT2D eigenvalue weighted by atomic mass is 15.3. The SMILES string of the molecule is CCCN(CCC)c1cc(C)nc(N2CCc3ccccc32)n1. The zero-order valence-electron chi connectivity index (χ0n) is 14.4. The van der Waals surface area contributed by atoms with Gasteiger partial charge in [-0.1, -0.05) is 32.0 Å². The molecule has 0 fully saturated rings. The number of hydrogen-bond donors (Lipinski definition) is 0. The average molecular weight is 310 g/mol. The monoisotopic (exact) mass is 310 g/mol. The molecule has 2 heterocycles. The number of para-hydroxylation sites is 1. The van der Waals surface area contributed by atoms with Crippen molar-refractivity contribution < 1.29 is 0 Å². The number of anilines is 3. The van der Waals surface area contributed by atoms with Crippen molar-refractivity contribution in [3.05, 3.63) is 41.6 Å². The van der Waals surface area contributed by atoms with Gasteiger partial charge >= 0.3 is 0 Å². The fourth-order valence-electron chi connectivity index (χ4n) is 3.25. The first-order chi connectivity index (χ1) is 11.2. The van der Waals surface area contributed by atoms with Crippen LogP contribution in [-0.2, 0) is 6.42 Å². The highest BCUT2D eigenvalue weighted by molar-refractivity contribution is 5.66. The lowest BCUT2D eigenvalue weighted by atomic mass is 10.2. The molecule has 4 nitrogen and oxygen atoms in total. The summed E-state index contributed by atoms with van der Waals surface area (Å²) < 4.78 is 0. The fourth-order valence-corrected chi connectivity index (χ4v) is 3.25. The molecular weight excluding hydrogens is 284 g/mol. The lowest BCUT2D eigenvalue weighted by molar-refractivity contribution is 0.730. The number of rotatable bonds is 6. The molecule has 0 bridgehead atoms. The van der Waals surface area contributed by atoms with Crippen molar-refractivity contribution in [1.82, 2.24) is 9.97 Å². The van der Waals surface area contributed by atoms with Crippen molar-refractivity contribution >= 4 is 17.5 Å². The summed E-state index contributed by atoms with van der Waals surface area (Å²) in [4.78, 5) is 14.2. The summed E-state index contributed by atoms with van der Waals surface area (Å²) in [5.74, 6) is 1.89. The van der Waals surface area contributed by atoms with Crippen LogP contribution in [0.5, 0.6) is 0 Å². The summed E-state index contributed by atoms with van der Waals surface area (Å²) in [6.45, 7) is 9.54. The van der Waals surface area contributed by atoms with E-state index in [2.05, 4.69) is 60.9 Å². The van der Waals surface area contributed by atoms with Crippen LogP contribution >= 0.6 is 0 Å². The molecule has 4 heteroatoms. The molecule has 0 saturated heterocycles. The van der Waals surface area contributed by atoms with Crippen LogP contribution in [-0.4, -0.2) is 29.6 Å². The predicted molar refractivity (Wildman–Crippen MR) is 96.7 cm³/mol. The molecule has 0 radical (unpaired) electrons. The smallest absolute Gasteiger partial charge is 0.232 e. The summed E-state index contributed by atoms with van der Waals surface area (Å²) in [5.41, 5.74) is 3.67. The van der Waals surface area contributed by atoms with Crippen LogP contribution in [0.2, 0.25) is 0 Å². The molecule has 0 saturated carbocycles. The van der Waals surface area contributed by atoms with E-state index in [1.807, 2.05) is 0 Å². The maximum Gasteiger partial charge on any atom is 0.232 e. The molecule has 3 rings (SSSR count). The molecule has 23 heavy (non-hydrogen) atoms. The maximum atomic E-state index is 4.89. The lowest BCUT2D eigenvalue weighted by Crippen LogP contribution is -2.27. The Balaban J connectivity index is 1.95. The van der Waals surface area contributed by atoms with Gasteiger partial charge in [0.2, 0.25) is 5.95 Å².